The maximum atomic E-state index is 6.30. The van der Waals surface area contributed by atoms with Gasteiger partial charge in [-0.3, -0.25) is 0 Å². The molecule has 8 aromatic carbocycles. The average molecular weight is 717 g/mol. The van der Waals surface area contributed by atoms with Gasteiger partial charge in [0.25, 0.3) is 0 Å². The predicted octanol–water partition coefficient (Wildman–Crippen LogP) is 13.2. The third-order valence-corrected chi connectivity index (χ3v) is 10.7. The zero-order valence-corrected chi connectivity index (χ0v) is 30.2. The molecule has 11 aromatic rings. The highest BCUT2D eigenvalue weighted by atomic mass is 16.3. The minimum atomic E-state index is 0.604. The highest BCUT2D eigenvalue weighted by Crippen LogP contribution is 2.42. The summed E-state index contributed by atoms with van der Waals surface area (Å²) in [5, 5.41) is 4.57. The van der Waals surface area contributed by atoms with Crippen LogP contribution in [0, 0.1) is 0 Å². The normalized spacial score (nSPS) is 11.6. The molecule has 56 heavy (non-hydrogen) atoms. The first-order valence-corrected chi connectivity index (χ1v) is 18.8. The second-order valence-electron chi connectivity index (χ2n) is 14.0. The molecule has 0 unspecified atom stereocenters. The van der Waals surface area contributed by atoms with Crippen LogP contribution < -0.4 is 0 Å². The molecule has 3 aromatic heterocycles. The van der Waals surface area contributed by atoms with E-state index in [0.29, 0.717) is 17.5 Å². The van der Waals surface area contributed by atoms with E-state index in [-0.39, 0.29) is 0 Å². The van der Waals surface area contributed by atoms with Crippen LogP contribution in [0.1, 0.15) is 0 Å². The molecule has 11 rings (SSSR count). The number of furan rings is 1. The summed E-state index contributed by atoms with van der Waals surface area (Å²) in [4.78, 5) is 15.4. The zero-order chi connectivity index (χ0) is 37.0. The molecule has 5 nitrogen and oxygen atoms in total. The summed E-state index contributed by atoms with van der Waals surface area (Å²) in [7, 11) is 0. The van der Waals surface area contributed by atoms with Gasteiger partial charge in [0.15, 0.2) is 17.5 Å². The van der Waals surface area contributed by atoms with Crippen molar-refractivity contribution >= 4 is 43.7 Å². The maximum absolute atomic E-state index is 6.30. The van der Waals surface area contributed by atoms with Crippen LogP contribution in [0.5, 0.6) is 0 Å². The Morgan fingerprint density at radius 3 is 1.59 bits per heavy atom. The molecule has 0 aliphatic carbocycles. The van der Waals surface area contributed by atoms with Crippen LogP contribution in [0.4, 0.5) is 0 Å². The van der Waals surface area contributed by atoms with Gasteiger partial charge in [0, 0.05) is 43.8 Å². The van der Waals surface area contributed by atoms with Gasteiger partial charge in [0.05, 0.1) is 16.7 Å². The Hall–Kier alpha value is -7.63. The van der Waals surface area contributed by atoms with Crippen molar-refractivity contribution in [1.82, 2.24) is 19.5 Å². The SMILES string of the molecule is c1ccc(-c2nc(-c3ccccc3)nc(-c3cccc(-c4ccccc4)c3-n3c4ccccc4c4cc(-c5ccc6c(c5)oc5ccccc56)ccc43)n2)cc1. The summed E-state index contributed by atoms with van der Waals surface area (Å²) in [5.41, 5.74) is 12.1. The fraction of sp³-hybridized carbons (Fsp3) is 0. The minimum Gasteiger partial charge on any atom is -0.456 e. The highest BCUT2D eigenvalue weighted by Gasteiger charge is 2.23. The third-order valence-electron chi connectivity index (χ3n) is 10.7. The van der Waals surface area contributed by atoms with Gasteiger partial charge in [-0.2, -0.15) is 0 Å². The van der Waals surface area contributed by atoms with E-state index in [9.17, 15) is 0 Å². The van der Waals surface area contributed by atoms with Crippen molar-refractivity contribution < 1.29 is 4.42 Å². The minimum absolute atomic E-state index is 0.604. The monoisotopic (exact) mass is 716 g/mol. The van der Waals surface area contributed by atoms with Crippen LogP contribution in [0.2, 0.25) is 0 Å². The number of benzene rings is 8. The molecule has 3 heterocycles. The van der Waals surface area contributed by atoms with E-state index in [1.165, 1.54) is 0 Å². The molecule has 5 heteroatoms. The van der Waals surface area contributed by atoms with Gasteiger partial charge in [-0.25, -0.2) is 15.0 Å². The Kier molecular flexibility index (Phi) is 7.42. The Morgan fingerprint density at radius 2 is 0.857 bits per heavy atom. The lowest BCUT2D eigenvalue weighted by atomic mass is 9.98. The Balaban J connectivity index is 1.17. The van der Waals surface area contributed by atoms with E-state index in [0.717, 1.165) is 88.4 Å². The predicted molar refractivity (Wildman–Crippen MR) is 229 cm³/mol. The van der Waals surface area contributed by atoms with E-state index < -0.39 is 0 Å². The Morgan fingerprint density at radius 1 is 0.321 bits per heavy atom. The van der Waals surface area contributed by atoms with Gasteiger partial charge >= 0.3 is 0 Å². The lowest BCUT2D eigenvalue weighted by Gasteiger charge is -2.19. The fourth-order valence-corrected chi connectivity index (χ4v) is 8.04. The van der Waals surface area contributed by atoms with Crippen LogP contribution in [0.3, 0.4) is 0 Å². The molecule has 0 N–H and O–H groups in total. The summed E-state index contributed by atoms with van der Waals surface area (Å²) >= 11 is 0. The average Bonchev–Trinajstić information content (AvgIpc) is 3.82. The van der Waals surface area contributed by atoms with Crippen molar-refractivity contribution in [1.29, 1.82) is 0 Å². The second-order valence-corrected chi connectivity index (χ2v) is 14.0. The summed E-state index contributed by atoms with van der Waals surface area (Å²) < 4.78 is 8.69. The number of hydrogen-bond donors (Lipinski definition) is 0. The van der Waals surface area contributed by atoms with Crippen LogP contribution in [-0.4, -0.2) is 19.5 Å². The first-order valence-electron chi connectivity index (χ1n) is 18.8. The first kappa shape index (κ1) is 31.9. The zero-order valence-electron chi connectivity index (χ0n) is 30.2. The van der Waals surface area contributed by atoms with Gasteiger partial charge in [0.1, 0.15) is 11.2 Å². The molecule has 0 atom stereocenters. The van der Waals surface area contributed by atoms with E-state index >= 15 is 0 Å². The van der Waals surface area contributed by atoms with Crippen LogP contribution in [-0.2, 0) is 0 Å². The largest absolute Gasteiger partial charge is 0.456 e. The van der Waals surface area contributed by atoms with Gasteiger partial charge in [-0.15, -0.1) is 0 Å². The highest BCUT2D eigenvalue weighted by molar-refractivity contribution is 6.12. The van der Waals surface area contributed by atoms with Gasteiger partial charge in [-0.05, 0) is 59.2 Å². The van der Waals surface area contributed by atoms with Crippen LogP contribution >= 0.6 is 0 Å². The molecule has 0 bridgehead atoms. The number of fused-ring (bicyclic) bond motifs is 6. The topological polar surface area (TPSA) is 56.7 Å². The van der Waals surface area contributed by atoms with E-state index in [4.69, 9.17) is 19.4 Å². The molecule has 0 radical (unpaired) electrons. The summed E-state index contributed by atoms with van der Waals surface area (Å²) in [6.45, 7) is 0. The number of aromatic nitrogens is 4. The van der Waals surface area contributed by atoms with Crippen LogP contribution in [0.15, 0.2) is 199 Å². The van der Waals surface area contributed by atoms with Crippen molar-refractivity contribution in [3.8, 4) is 62.1 Å². The van der Waals surface area contributed by atoms with E-state index in [1.807, 2.05) is 72.8 Å². The Labute approximate surface area is 322 Å². The number of hydrogen-bond acceptors (Lipinski definition) is 4. The molecule has 0 amide bonds. The third kappa shape index (κ3) is 5.29. The van der Waals surface area contributed by atoms with Gasteiger partial charge in [-0.1, -0.05) is 152 Å². The van der Waals surface area contributed by atoms with E-state index in [2.05, 4.69) is 126 Å². The summed E-state index contributed by atoms with van der Waals surface area (Å²) in [6.07, 6.45) is 0. The summed E-state index contributed by atoms with van der Waals surface area (Å²) in [6, 6.07) is 67.5. The van der Waals surface area contributed by atoms with Crippen molar-refractivity contribution in [2.75, 3.05) is 0 Å². The molecular formula is C51H32N4O. The molecule has 262 valence electrons. The molecule has 0 saturated carbocycles. The van der Waals surface area contributed by atoms with E-state index in [1.54, 1.807) is 0 Å². The second kappa shape index (κ2) is 13.0. The van der Waals surface area contributed by atoms with Crippen molar-refractivity contribution in [2.45, 2.75) is 0 Å². The molecule has 0 spiro atoms. The number of para-hydroxylation sites is 3. The van der Waals surface area contributed by atoms with Crippen LogP contribution in [0.25, 0.3) is 106 Å². The summed E-state index contributed by atoms with van der Waals surface area (Å²) in [5.74, 6) is 1.85. The van der Waals surface area contributed by atoms with Gasteiger partial charge < -0.3 is 8.98 Å². The Bertz CT molecular complexity index is 3180. The quantitative estimate of drug-likeness (QED) is 0.172. The lowest BCUT2D eigenvalue weighted by molar-refractivity contribution is 0.669. The van der Waals surface area contributed by atoms with Crippen molar-refractivity contribution in [2.24, 2.45) is 0 Å². The van der Waals surface area contributed by atoms with Crippen molar-refractivity contribution in [3.63, 3.8) is 0 Å². The molecular weight excluding hydrogens is 685 g/mol. The fourth-order valence-electron chi connectivity index (χ4n) is 8.04. The standard InChI is InChI=1S/C51H32N4O/c1-4-15-33(16-5-1)38-23-14-24-42(51-53-49(34-17-6-2-7-18-34)52-50(54-51)35-19-8-3-9-20-35)48(38)55-44-25-12-10-21-39(44)43-31-36(28-30-45(43)55)37-27-29-41-40-22-11-13-26-46(40)56-47(41)32-37/h1-32H. The van der Waals surface area contributed by atoms with Gasteiger partial charge in [0.2, 0.25) is 0 Å². The maximum Gasteiger partial charge on any atom is 0.166 e. The smallest absolute Gasteiger partial charge is 0.166 e. The van der Waals surface area contributed by atoms with Crippen molar-refractivity contribution in [3.05, 3.63) is 194 Å². The molecule has 0 aliphatic heterocycles. The molecule has 0 fully saturated rings. The number of rotatable bonds is 6. The molecule has 0 aliphatic rings. The molecule has 0 saturated heterocycles. The number of nitrogens with zero attached hydrogens (tertiary/aromatic N) is 4. The lowest BCUT2D eigenvalue weighted by Crippen LogP contribution is -2.05. The first-order chi connectivity index (χ1) is 27.8.